The number of nitrogens with two attached hydrogens (primary N) is 2. The lowest BCUT2D eigenvalue weighted by Gasteiger charge is -2.44. The van der Waals surface area contributed by atoms with E-state index in [0.29, 0.717) is 6.42 Å². The van der Waals surface area contributed by atoms with Gasteiger partial charge in [-0.05, 0) is 53.7 Å². The number of aliphatic hydroxyl groups is 2. The molecule has 1 saturated heterocycles. The highest BCUT2D eigenvalue weighted by Gasteiger charge is 2.47. The molecule has 7 N–H and O–H groups in total. The van der Waals surface area contributed by atoms with E-state index in [9.17, 15) is 24.3 Å². The Hall–Kier alpha value is -2.69. The van der Waals surface area contributed by atoms with Gasteiger partial charge in [0.05, 0.1) is 19.5 Å². The Morgan fingerprint density at radius 1 is 1.28 bits per heavy atom. The third-order valence-corrected chi connectivity index (χ3v) is 8.75. The van der Waals surface area contributed by atoms with Crippen LogP contribution in [-0.2, 0) is 25.6 Å². The van der Waals surface area contributed by atoms with Gasteiger partial charge in [0, 0.05) is 12.8 Å². The predicted octanol–water partition coefficient (Wildman–Crippen LogP) is 0.161. The Labute approximate surface area is 226 Å². The fourth-order valence-corrected chi connectivity index (χ4v) is 6.11. The van der Waals surface area contributed by atoms with Gasteiger partial charge in [-0.3, -0.25) is 14.3 Å². The summed E-state index contributed by atoms with van der Waals surface area (Å²) in [5, 5.41) is 20.1. The summed E-state index contributed by atoms with van der Waals surface area (Å²) in [5.41, 5.74) is 12.5. The van der Waals surface area contributed by atoms with Gasteiger partial charge >= 0.3 is 6.72 Å². The lowest BCUT2D eigenvalue weighted by Crippen LogP contribution is -2.40. The van der Waals surface area contributed by atoms with Crippen LogP contribution in [0.15, 0.2) is 31.0 Å². The van der Waals surface area contributed by atoms with Crippen molar-refractivity contribution < 1.29 is 38.1 Å². The number of nitrogens with zero attached hydrogens (tertiary/aromatic N) is 5. The molecule has 1 aliphatic heterocycles. The van der Waals surface area contributed by atoms with E-state index in [0.717, 1.165) is 5.56 Å². The molecule has 0 spiro atoms. The van der Waals surface area contributed by atoms with Crippen molar-refractivity contribution in [1.29, 1.82) is 0 Å². The van der Waals surface area contributed by atoms with Crippen LogP contribution in [0.5, 0.6) is 0 Å². The van der Waals surface area contributed by atoms with Crippen LogP contribution < -0.4 is 11.5 Å². The molecule has 2 aliphatic rings. The highest BCUT2D eigenvalue weighted by molar-refractivity contribution is 8.07. The van der Waals surface area contributed by atoms with Gasteiger partial charge < -0.3 is 40.4 Å². The van der Waals surface area contributed by atoms with Gasteiger partial charge in [-0.2, -0.15) is 0 Å². The summed E-state index contributed by atoms with van der Waals surface area (Å²) in [7, 11) is 0. The third kappa shape index (κ3) is 5.51. The number of imidazole rings is 1. The molecule has 39 heavy (non-hydrogen) atoms. The normalized spacial score (nSPS) is 30.2. The molecule has 1 aliphatic carbocycles. The highest BCUT2D eigenvalue weighted by Crippen LogP contribution is 2.52. The second-order valence-corrected chi connectivity index (χ2v) is 12.3. The number of fused-ring (bicyclic) bond motifs is 1. The topological polar surface area (TPSA) is 214 Å². The summed E-state index contributed by atoms with van der Waals surface area (Å²) >= 11 is 5.12. The van der Waals surface area contributed by atoms with Crippen LogP contribution in [0.25, 0.3) is 11.2 Å². The van der Waals surface area contributed by atoms with Crippen molar-refractivity contribution in [1.82, 2.24) is 24.5 Å². The van der Waals surface area contributed by atoms with Gasteiger partial charge in [0.25, 0.3) is 5.91 Å². The molecule has 4 heterocycles. The minimum Gasteiger partial charge on any atom is -0.396 e. The zero-order valence-electron chi connectivity index (χ0n) is 20.4. The first-order valence-electron chi connectivity index (χ1n) is 12.0. The van der Waals surface area contributed by atoms with Gasteiger partial charge in [-0.25, -0.2) is 19.3 Å². The van der Waals surface area contributed by atoms with Crippen LogP contribution in [0, 0.1) is 11.8 Å². The van der Waals surface area contributed by atoms with E-state index in [1.807, 2.05) is 0 Å². The van der Waals surface area contributed by atoms with Crippen molar-refractivity contribution in [2.45, 2.75) is 36.9 Å². The number of carbonyl (C=O) groups excluding carboxylic acids is 1. The number of amides is 1. The average molecular weight is 584 g/mol. The monoisotopic (exact) mass is 583 g/mol. The lowest BCUT2D eigenvalue weighted by atomic mass is 9.63. The number of carbonyl (C=O) groups is 1. The van der Waals surface area contributed by atoms with E-state index in [2.05, 4.69) is 19.9 Å². The number of primary amides is 1. The number of hydrogen-bond acceptors (Lipinski definition) is 12. The molecular formula is C22H27FN7O7PS. The molecule has 0 aromatic carbocycles. The number of ether oxygens (including phenoxy) is 1. The standard InChI is InChI=1S/C22H27FN7O7PS/c23-16-18(32)15(37-22(16)30-9-29-17-19(24)27-8-28-21(17)30)7-36-38(34,39)35-6-13-11(5-31)3-12(13)10-1-2-26-14(4-10)20(25)33/h1-2,4,8-9,11-13,15-16,18,22,31-32H,3,5-7H2,(H2,25,33)(H,34,39)(H2,24,27,28)/t11-,12+,13-,15-,16-,18-,22-,38?/m1/s1. The van der Waals surface area contributed by atoms with Crippen LogP contribution in [0.3, 0.4) is 0 Å². The first kappa shape index (κ1) is 27.9. The Bertz CT molecular complexity index is 1420. The fraction of sp³-hybridized carbons (Fsp3) is 0.500. The van der Waals surface area contributed by atoms with E-state index >= 15 is 0 Å². The molecule has 1 saturated carbocycles. The lowest BCUT2D eigenvalue weighted by molar-refractivity contribution is -0.0454. The molecule has 8 atom stereocenters. The van der Waals surface area contributed by atoms with Gasteiger partial charge in [-0.15, -0.1) is 0 Å². The Morgan fingerprint density at radius 2 is 2.05 bits per heavy atom. The SMILES string of the molecule is NC(=O)c1cc([C@@H]2C[C@H](CO)[C@H]2COP(O)(=S)OC[C@H]2O[C@@H](n3cnc4c(N)ncnc43)[C@H](F)[C@@H]2O)ccn1. The van der Waals surface area contributed by atoms with Crippen molar-refractivity contribution in [3.8, 4) is 0 Å². The van der Waals surface area contributed by atoms with E-state index in [1.165, 1.54) is 23.4 Å². The molecule has 0 bridgehead atoms. The summed E-state index contributed by atoms with van der Waals surface area (Å²) in [4.78, 5) is 38.0. The van der Waals surface area contributed by atoms with Gasteiger partial charge in [0.1, 0.15) is 29.7 Å². The zero-order valence-corrected chi connectivity index (χ0v) is 22.1. The Morgan fingerprint density at radius 3 is 2.79 bits per heavy atom. The minimum absolute atomic E-state index is 0.0392. The van der Waals surface area contributed by atoms with E-state index in [-0.39, 0.29) is 53.6 Å². The maximum atomic E-state index is 15.0. The summed E-state index contributed by atoms with van der Waals surface area (Å²) in [6.07, 6.45) is -1.33. The summed E-state index contributed by atoms with van der Waals surface area (Å²) < 4.78 is 32.9. The van der Waals surface area contributed by atoms with Crippen LogP contribution in [0.4, 0.5) is 10.2 Å². The maximum Gasteiger partial charge on any atom is 0.324 e. The van der Waals surface area contributed by atoms with Crippen LogP contribution in [-0.4, -0.2) is 83.7 Å². The molecule has 5 rings (SSSR count). The fourth-order valence-electron chi connectivity index (χ4n) is 4.97. The van der Waals surface area contributed by atoms with E-state index in [4.69, 9.17) is 37.1 Å². The molecule has 3 aromatic rings. The first-order chi connectivity index (χ1) is 18.6. The summed E-state index contributed by atoms with van der Waals surface area (Å²) in [5.74, 6) is -0.983. The van der Waals surface area contributed by atoms with Crippen molar-refractivity contribution >= 4 is 41.4 Å². The Kier molecular flexibility index (Phi) is 7.90. The van der Waals surface area contributed by atoms with E-state index < -0.39 is 43.8 Å². The zero-order chi connectivity index (χ0) is 27.9. The second-order valence-electron chi connectivity index (χ2n) is 9.43. The van der Waals surface area contributed by atoms with Gasteiger partial charge in [-0.1, -0.05) is 0 Å². The molecule has 2 fully saturated rings. The number of pyridine rings is 1. The second kappa shape index (κ2) is 11.1. The van der Waals surface area contributed by atoms with Crippen LogP contribution in [0.2, 0.25) is 0 Å². The minimum atomic E-state index is -3.83. The third-order valence-electron chi connectivity index (χ3n) is 7.17. The predicted molar refractivity (Wildman–Crippen MR) is 137 cm³/mol. The molecule has 17 heteroatoms. The van der Waals surface area contributed by atoms with Crippen molar-refractivity contribution in [3.05, 3.63) is 42.2 Å². The number of aliphatic hydroxyl groups excluding tert-OH is 2. The molecule has 14 nitrogen and oxygen atoms in total. The number of alkyl halides is 1. The summed E-state index contributed by atoms with van der Waals surface area (Å²) in [6, 6.07) is 3.33. The number of rotatable bonds is 10. The van der Waals surface area contributed by atoms with Gasteiger partial charge in [0.15, 0.2) is 23.9 Å². The van der Waals surface area contributed by atoms with Crippen molar-refractivity contribution in [2.75, 3.05) is 25.6 Å². The highest BCUT2D eigenvalue weighted by atomic mass is 32.5. The molecular weight excluding hydrogens is 556 g/mol. The largest absolute Gasteiger partial charge is 0.396 e. The number of halogens is 1. The average Bonchev–Trinajstić information content (AvgIpc) is 3.44. The molecule has 1 amide bonds. The maximum absolute atomic E-state index is 15.0. The number of hydrogen-bond donors (Lipinski definition) is 5. The van der Waals surface area contributed by atoms with E-state index in [1.54, 1.807) is 12.1 Å². The Balaban J connectivity index is 1.20. The van der Waals surface area contributed by atoms with Crippen molar-refractivity contribution in [3.63, 3.8) is 0 Å². The summed E-state index contributed by atoms with van der Waals surface area (Å²) in [6.45, 7) is -4.42. The quantitative estimate of drug-likeness (QED) is 0.201. The molecule has 3 aromatic heterocycles. The molecule has 0 radical (unpaired) electrons. The number of nitrogen functional groups attached to an aromatic ring is 1. The van der Waals surface area contributed by atoms with Gasteiger partial charge in [0.2, 0.25) is 0 Å². The smallest absolute Gasteiger partial charge is 0.324 e. The van der Waals surface area contributed by atoms with Crippen LogP contribution in [0.1, 0.15) is 34.6 Å². The van der Waals surface area contributed by atoms with Crippen LogP contribution >= 0.6 is 6.72 Å². The number of anilines is 1. The number of aromatic nitrogens is 5. The first-order valence-corrected chi connectivity index (χ1v) is 14.6. The molecule has 1 unspecified atom stereocenters. The van der Waals surface area contributed by atoms with Crippen molar-refractivity contribution in [2.24, 2.45) is 17.6 Å². The molecule has 210 valence electrons.